The minimum absolute atomic E-state index is 0.0155. The van der Waals surface area contributed by atoms with Crippen molar-refractivity contribution in [1.29, 1.82) is 0 Å². The van der Waals surface area contributed by atoms with Crippen LogP contribution in [-0.4, -0.2) is 14.8 Å². The summed E-state index contributed by atoms with van der Waals surface area (Å²) in [7, 11) is 0. The van der Waals surface area contributed by atoms with Gasteiger partial charge in [-0.05, 0) is 53.4 Å². The van der Waals surface area contributed by atoms with Crippen molar-refractivity contribution in [3.05, 3.63) is 45.4 Å². The Morgan fingerprint density at radius 2 is 2.19 bits per heavy atom. The molecule has 114 valence electrons. The lowest BCUT2D eigenvalue weighted by atomic mass is 10.00. The first-order chi connectivity index (χ1) is 10.1. The first-order valence-electron chi connectivity index (χ1n) is 7.23. The number of hydrogen-bond acceptors (Lipinski definition) is 4. The lowest BCUT2D eigenvalue weighted by Crippen LogP contribution is -2.31. The zero-order valence-corrected chi connectivity index (χ0v) is 14.3. The van der Waals surface area contributed by atoms with Crippen molar-refractivity contribution in [2.24, 2.45) is 5.84 Å². The molecule has 0 bridgehead atoms. The third kappa shape index (κ3) is 3.33. The van der Waals surface area contributed by atoms with Gasteiger partial charge in [-0.2, -0.15) is 5.10 Å². The molecule has 1 unspecified atom stereocenters. The monoisotopic (exact) mass is 351 g/mol. The Bertz CT molecular complexity index is 608. The van der Waals surface area contributed by atoms with E-state index in [0.717, 1.165) is 35.1 Å². The van der Waals surface area contributed by atoms with Crippen molar-refractivity contribution in [1.82, 2.24) is 20.2 Å². The molecule has 0 aliphatic heterocycles. The molecular formula is C15H22BrN5. The van der Waals surface area contributed by atoms with E-state index in [4.69, 9.17) is 5.84 Å². The fraction of sp³-hybridized carbons (Fsp3) is 0.467. The molecule has 21 heavy (non-hydrogen) atoms. The minimum Gasteiger partial charge on any atom is -0.271 e. The molecule has 6 heteroatoms. The Kier molecular flexibility index (Phi) is 5.50. The number of hydrogen-bond donors (Lipinski definition) is 2. The molecule has 3 N–H and O–H groups in total. The Hall–Kier alpha value is -1.24. The number of pyridine rings is 1. The summed E-state index contributed by atoms with van der Waals surface area (Å²) < 4.78 is 3.13. The molecule has 0 aromatic carbocycles. The van der Waals surface area contributed by atoms with Gasteiger partial charge in [-0.3, -0.25) is 20.9 Å². The van der Waals surface area contributed by atoms with Crippen LogP contribution in [0, 0.1) is 6.92 Å². The summed E-state index contributed by atoms with van der Waals surface area (Å²) in [6, 6.07) is 2.02. The van der Waals surface area contributed by atoms with E-state index >= 15 is 0 Å². The van der Waals surface area contributed by atoms with Crippen LogP contribution in [0.25, 0.3) is 0 Å². The molecular weight excluding hydrogens is 330 g/mol. The fourth-order valence-corrected chi connectivity index (χ4v) is 3.23. The molecule has 2 heterocycles. The Morgan fingerprint density at radius 1 is 1.43 bits per heavy atom. The summed E-state index contributed by atoms with van der Waals surface area (Å²) in [6.45, 7) is 7.13. The average molecular weight is 352 g/mol. The molecule has 0 saturated heterocycles. The van der Waals surface area contributed by atoms with Crippen molar-refractivity contribution < 1.29 is 0 Å². The van der Waals surface area contributed by atoms with Crippen LogP contribution in [0.2, 0.25) is 0 Å². The van der Waals surface area contributed by atoms with Gasteiger partial charge in [-0.1, -0.05) is 6.92 Å². The third-order valence-corrected chi connectivity index (χ3v) is 4.66. The number of aryl methyl sites for hydroxylation is 3. The van der Waals surface area contributed by atoms with E-state index in [1.807, 2.05) is 16.9 Å². The maximum absolute atomic E-state index is 5.78. The molecule has 0 fully saturated rings. The lowest BCUT2D eigenvalue weighted by Gasteiger charge is -2.18. The van der Waals surface area contributed by atoms with E-state index < -0.39 is 0 Å². The number of aromatic nitrogens is 3. The van der Waals surface area contributed by atoms with Gasteiger partial charge in [0.25, 0.3) is 0 Å². The van der Waals surface area contributed by atoms with Gasteiger partial charge in [0.15, 0.2) is 0 Å². The van der Waals surface area contributed by atoms with Crippen molar-refractivity contribution in [3.8, 4) is 0 Å². The lowest BCUT2D eigenvalue weighted by molar-refractivity contribution is 0.513. The number of rotatable bonds is 6. The second-order valence-corrected chi connectivity index (χ2v) is 5.83. The van der Waals surface area contributed by atoms with Crippen LogP contribution in [0.5, 0.6) is 0 Å². The zero-order valence-electron chi connectivity index (χ0n) is 12.7. The van der Waals surface area contributed by atoms with Crippen molar-refractivity contribution in [2.75, 3.05) is 0 Å². The zero-order chi connectivity index (χ0) is 15.4. The number of nitrogens with one attached hydrogen (secondary N) is 1. The van der Waals surface area contributed by atoms with Crippen molar-refractivity contribution >= 4 is 15.9 Å². The Morgan fingerprint density at radius 3 is 2.76 bits per heavy atom. The van der Waals surface area contributed by atoms with Crippen LogP contribution in [0.15, 0.2) is 22.9 Å². The minimum atomic E-state index is 0.0155. The normalized spacial score (nSPS) is 12.6. The van der Waals surface area contributed by atoms with Crippen LogP contribution in [-0.2, 0) is 19.4 Å². The van der Waals surface area contributed by atoms with Gasteiger partial charge in [0.2, 0.25) is 0 Å². The van der Waals surface area contributed by atoms with Crippen molar-refractivity contribution in [3.63, 3.8) is 0 Å². The largest absolute Gasteiger partial charge is 0.271 e. The van der Waals surface area contributed by atoms with E-state index in [1.165, 1.54) is 11.3 Å². The SMILES string of the molecule is CCc1nn(CC)c(CC(NN)c2cnccc2C)c1Br. The molecule has 5 nitrogen and oxygen atoms in total. The Balaban J connectivity index is 2.35. The number of nitrogens with zero attached hydrogens (tertiary/aromatic N) is 3. The van der Waals surface area contributed by atoms with Crippen LogP contribution >= 0.6 is 15.9 Å². The van der Waals surface area contributed by atoms with E-state index in [-0.39, 0.29) is 6.04 Å². The van der Waals surface area contributed by atoms with Gasteiger partial charge in [-0.15, -0.1) is 0 Å². The number of hydrazine groups is 1. The van der Waals surface area contributed by atoms with Crippen LogP contribution in [0.3, 0.4) is 0 Å². The maximum atomic E-state index is 5.78. The third-order valence-electron chi connectivity index (χ3n) is 3.75. The highest BCUT2D eigenvalue weighted by atomic mass is 79.9. The highest BCUT2D eigenvalue weighted by molar-refractivity contribution is 9.10. The summed E-state index contributed by atoms with van der Waals surface area (Å²) in [5, 5.41) is 4.64. The fourth-order valence-electron chi connectivity index (χ4n) is 2.51. The standard InChI is InChI=1S/C15H22BrN5/c1-4-12-15(16)14(21(5-2)20-12)8-13(19-17)11-9-18-7-6-10(11)3/h6-7,9,13,19H,4-5,8,17H2,1-3H3. The molecule has 0 amide bonds. The number of halogens is 1. The molecule has 0 spiro atoms. The summed E-state index contributed by atoms with van der Waals surface area (Å²) >= 11 is 3.68. The molecule has 0 radical (unpaired) electrons. The second-order valence-electron chi connectivity index (χ2n) is 5.03. The highest BCUT2D eigenvalue weighted by Gasteiger charge is 2.20. The van der Waals surface area contributed by atoms with Gasteiger partial charge in [0.1, 0.15) is 0 Å². The van der Waals surface area contributed by atoms with Gasteiger partial charge in [0, 0.05) is 25.4 Å². The van der Waals surface area contributed by atoms with Gasteiger partial charge < -0.3 is 0 Å². The van der Waals surface area contributed by atoms with E-state index in [1.54, 1.807) is 6.20 Å². The molecule has 2 aromatic rings. The molecule has 2 aromatic heterocycles. The molecule has 0 aliphatic carbocycles. The van der Waals surface area contributed by atoms with Gasteiger partial charge in [0.05, 0.1) is 21.9 Å². The quantitative estimate of drug-likeness (QED) is 0.620. The average Bonchev–Trinajstić information content (AvgIpc) is 2.81. The summed E-state index contributed by atoms with van der Waals surface area (Å²) in [5.41, 5.74) is 7.47. The van der Waals surface area contributed by atoms with E-state index in [0.29, 0.717) is 0 Å². The topological polar surface area (TPSA) is 68.8 Å². The first kappa shape index (κ1) is 16.1. The Labute approximate surface area is 134 Å². The van der Waals surface area contributed by atoms with Crippen LogP contribution < -0.4 is 11.3 Å². The molecule has 2 rings (SSSR count). The highest BCUT2D eigenvalue weighted by Crippen LogP contribution is 2.27. The summed E-state index contributed by atoms with van der Waals surface area (Å²) in [4.78, 5) is 4.21. The molecule has 0 aliphatic rings. The first-order valence-corrected chi connectivity index (χ1v) is 8.02. The predicted molar refractivity (Wildman–Crippen MR) is 87.7 cm³/mol. The predicted octanol–water partition coefficient (Wildman–Crippen LogP) is 2.68. The van der Waals surface area contributed by atoms with Crippen LogP contribution in [0.1, 0.15) is 42.4 Å². The maximum Gasteiger partial charge on any atom is 0.0766 e. The van der Waals surface area contributed by atoms with E-state index in [2.05, 4.69) is 52.2 Å². The summed E-state index contributed by atoms with van der Waals surface area (Å²) in [6.07, 6.45) is 5.35. The van der Waals surface area contributed by atoms with Gasteiger partial charge >= 0.3 is 0 Å². The van der Waals surface area contributed by atoms with Crippen molar-refractivity contribution in [2.45, 2.75) is 46.2 Å². The number of nitrogens with two attached hydrogens (primary N) is 1. The smallest absolute Gasteiger partial charge is 0.0766 e. The van der Waals surface area contributed by atoms with Crippen LogP contribution in [0.4, 0.5) is 0 Å². The van der Waals surface area contributed by atoms with Gasteiger partial charge in [-0.25, -0.2) is 0 Å². The molecule has 0 saturated carbocycles. The van der Waals surface area contributed by atoms with E-state index in [9.17, 15) is 0 Å². The summed E-state index contributed by atoms with van der Waals surface area (Å²) in [5.74, 6) is 5.78. The molecule has 1 atom stereocenters. The second kappa shape index (κ2) is 7.15.